The summed E-state index contributed by atoms with van der Waals surface area (Å²) in [6.07, 6.45) is 4.37. The van der Waals surface area contributed by atoms with E-state index < -0.39 is 11.6 Å². The first kappa shape index (κ1) is 28.2. The van der Waals surface area contributed by atoms with Gasteiger partial charge in [0.15, 0.2) is 0 Å². The quantitative estimate of drug-likeness (QED) is 0.346. The van der Waals surface area contributed by atoms with Gasteiger partial charge in [-0.25, -0.2) is 4.79 Å². The molecule has 1 amide bonds. The zero-order chi connectivity index (χ0) is 25.8. The molecule has 0 saturated carbocycles. The van der Waals surface area contributed by atoms with Gasteiger partial charge in [-0.3, -0.25) is 4.79 Å². The number of hydrogen-bond donors (Lipinski definition) is 2. The minimum absolute atomic E-state index is 0.0675. The minimum atomic E-state index is -0.690. The van der Waals surface area contributed by atoms with Crippen LogP contribution in [0.25, 0.3) is 0 Å². The molecule has 190 valence electrons. The molecule has 2 atom stereocenters. The lowest BCUT2D eigenvalue weighted by Gasteiger charge is -2.38. The van der Waals surface area contributed by atoms with Crippen LogP contribution in [-0.4, -0.2) is 22.6 Å². The van der Waals surface area contributed by atoms with Crippen LogP contribution >= 0.6 is 0 Å². The molecule has 5 heteroatoms. The van der Waals surface area contributed by atoms with Crippen molar-refractivity contribution in [1.29, 1.82) is 0 Å². The third kappa shape index (κ3) is 7.45. The number of benzene rings is 2. The molecule has 1 aliphatic rings. The third-order valence-corrected chi connectivity index (χ3v) is 6.40. The molecule has 35 heavy (non-hydrogen) atoms. The number of ether oxygens (including phenoxy) is 1. The average molecular weight is 480 g/mol. The van der Waals surface area contributed by atoms with E-state index in [1.807, 2.05) is 63.2 Å². The Bertz CT molecular complexity index is 998. The zero-order valence-corrected chi connectivity index (χ0v) is 21.9. The van der Waals surface area contributed by atoms with Crippen molar-refractivity contribution in [2.45, 2.75) is 91.1 Å². The fourth-order valence-electron chi connectivity index (χ4n) is 4.71. The Labute approximate surface area is 210 Å². The molecule has 0 bridgehead atoms. The maximum absolute atomic E-state index is 13.3. The van der Waals surface area contributed by atoms with Crippen molar-refractivity contribution in [2.75, 3.05) is 5.32 Å². The maximum atomic E-state index is 13.3. The molecule has 0 saturated heterocycles. The van der Waals surface area contributed by atoms with Gasteiger partial charge < -0.3 is 15.2 Å². The van der Waals surface area contributed by atoms with E-state index >= 15 is 0 Å². The van der Waals surface area contributed by atoms with Crippen molar-refractivity contribution in [3.8, 4) is 0 Å². The average Bonchev–Trinajstić information content (AvgIpc) is 2.87. The van der Waals surface area contributed by atoms with Crippen molar-refractivity contribution >= 4 is 17.6 Å². The summed E-state index contributed by atoms with van der Waals surface area (Å²) < 4.78 is 6.11. The molecule has 1 heterocycles. The van der Waals surface area contributed by atoms with Crippen LogP contribution in [-0.2, 0) is 20.7 Å². The molecule has 2 aromatic rings. The minimum Gasteiger partial charge on any atom is -0.512 e. The first-order valence-corrected chi connectivity index (χ1v) is 13.0. The number of hydrogen-bond acceptors (Lipinski definition) is 4. The van der Waals surface area contributed by atoms with Gasteiger partial charge >= 0.3 is 5.97 Å². The molecule has 0 fully saturated rings. The Hall–Kier alpha value is -3.08. The topological polar surface area (TPSA) is 75.6 Å². The Morgan fingerprint density at radius 1 is 1.06 bits per heavy atom. The highest BCUT2D eigenvalue weighted by Gasteiger charge is 2.43. The molecule has 5 nitrogen and oxygen atoms in total. The molecule has 3 rings (SSSR count). The van der Waals surface area contributed by atoms with Crippen molar-refractivity contribution < 1.29 is 19.4 Å². The van der Waals surface area contributed by atoms with E-state index in [1.54, 1.807) is 6.92 Å². The number of aryl methyl sites for hydroxylation is 1. The molecule has 0 radical (unpaired) electrons. The van der Waals surface area contributed by atoms with Gasteiger partial charge in [0.2, 0.25) is 5.91 Å². The lowest BCUT2D eigenvalue weighted by atomic mass is 9.80. The molecular formula is C30H41NO4. The molecular weight excluding hydrogens is 438 g/mol. The number of carbonyl (C=O) groups is 2. The van der Waals surface area contributed by atoms with Crippen molar-refractivity contribution in [3.63, 3.8) is 0 Å². The number of aliphatic hydroxyl groups is 1. The number of cyclic esters (lactones) is 1. The van der Waals surface area contributed by atoms with E-state index in [4.69, 9.17) is 4.74 Å². The van der Waals surface area contributed by atoms with Crippen LogP contribution in [0, 0.1) is 0 Å². The number of esters is 1. The number of carbonyl (C=O) groups excluding carboxylic acids is 2. The van der Waals surface area contributed by atoms with E-state index in [0.29, 0.717) is 43.4 Å². The van der Waals surface area contributed by atoms with Gasteiger partial charge in [-0.2, -0.15) is 0 Å². The van der Waals surface area contributed by atoms with Crippen molar-refractivity contribution in [1.82, 2.24) is 0 Å². The Morgan fingerprint density at radius 3 is 2.37 bits per heavy atom. The van der Waals surface area contributed by atoms with Gasteiger partial charge in [0.25, 0.3) is 0 Å². The molecule has 0 unspecified atom stereocenters. The summed E-state index contributed by atoms with van der Waals surface area (Å²) >= 11 is 0. The summed E-state index contributed by atoms with van der Waals surface area (Å²) in [5, 5.41) is 14.0. The van der Waals surface area contributed by atoms with Crippen molar-refractivity contribution in [2.24, 2.45) is 0 Å². The Balaban J connectivity index is 0.00000210. The van der Waals surface area contributed by atoms with Gasteiger partial charge in [0.1, 0.15) is 11.4 Å². The van der Waals surface area contributed by atoms with Crippen LogP contribution in [0.4, 0.5) is 5.69 Å². The second-order valence-corrected chi connectivity index (χ2v) is 8.83. The number of amides is 1. The van der Waals surface area contributed by atoms with Crippen molar-refractivity contribution in [3.05, 3.63) is 77.1 Å². The smallest absolute Gasteiger partial charge is 0.338 e. The van der Waals surface area contributed by atoms with E-state index in [0.717, 1.165) is 18.4 Å². The van der Waals surface area contributed by atoms with Gasteiger partial charge in [-0.1, -0.05) is 83.5 Å². The van der Waals surface area contributed by atoms with E-state index in [1.165, 1.54) is 5.56 Å². The molecule has 1 aliphatic heterocycles. The highest BCUT2D eigenvalue weighted by atomic mass is 16.6. The fourth-order valence-corrected chi connectivity index (χ4v) is 4.71. The molecule has 0 aromatic heterocycles. The van der Waals surface area contributed by atoms with E-state index in [2.05, 4.69) is 24.4 Å². The summed E-state index contributed by atoms with van der Waals surface area (Å²) in [6.45, 7) is 9.85. The van der Waals surface area contributed by atoms with E-state index in [-0.39, 0.29) is 17.6 Å². The molecule has 2 N–H and O–H groups in total. The third-order valence-electron chi connectivity index (χ3n) is 6.40. The van der Waals surface area contributed by atoms with Crippen LogP contribution < -0.4 is 5.32 Å². The lowest BCUT2D eigenvalue weighted by molar-refractivity contribution is -0.161. The predicted molar refractivity (Wildman–Crippen MR) is 143 cm³/mol. The number of anilines is 1. The summed E-state index contributed by atoms with van der Waals surface area (Å²) in [5.74, 6) is -0.676. The number of rotatable bonds is 10. The van der Waals surface area contributed by atoms with Crippen LogP contribution in [0.1, 0.15) is 90.2 Å². The van der Waals surface area contributed by atoms with Crippen LogP contribution in [0.5, 0.6) is 0 Å². The van der Waals surface area contributed by atoms with Crippen LogP contribution in [0.15, 0.2) is 65.9 Å². The summed E-state index contributed by atoms with van der Waals surface area (Å²) in [4.78, 5) is 25.1. The Morgan fingerprint density at radius 2 is 1.77 bits per heavy atom. The largest absolute Gasteiger partial charge is 0.512 e. The standard InChI is InChI=1S/C28H35NO4.C2H6/c1-4-16-28(17-15-20-11-8-7-9-12-20)19-24(30)26(27(32)33-28)23(5-2)21-13-10-14-22(18-21)29-25(31)6-3;1-2/h7-14,18,23,30H,4-6,15-17,19H2,1-3H3,(H,29,31);1-2H3/t23-,28-;/m1./s1. The fraction of sp³-hybridized carbons (Fsp3) is 0.467. The number of aliphatic hydroxyl groups excluding tert-OH is 1. The summed E-state index contributed by atoms with van der Waals surface area (Å²) in [6, 6.07) is 17.6. The van der Waals surface area contributed by atoms with Gasteiger partial charge in [0, 0.05) is 24.4 Å². The highest BCUT2D eigenvalue weighted by Crippen LogP contribution is 2.42. The zero-order valence-electron chi connectivity index (χ0n) is 21.9. The van der Waals surface area contributed by atoms with Crippen LogP contribution in [0.3, 0.4) is 0 Å². The first-order valence-electron chi connectivity index (χ1n) is 13.0. The molecule has 2 aromatic carbocycles. The normalized spacial score (nSPS) is 18.3. The maximum Gasteiger partial charge on any atom is 0.338 e. The predicted octanol–water partition coefficient (Wildman–Crippen LogP) is 7.49. The molecule has 0 aliphatic carbocycles. The molecule has 0 spiro atoms. The van der Waals surface area contributed by atoms with Crippen LogP contribution in [0.2, 0.25) is 0 Å². The second-order valence-electron chi connectivity index (χ2n) is 8.83. The van der Waals surface area contributed by atoms with Gasteiger partial charge in [-0.15, -0.1) is 0 Å². The monoisotopic (exact) mass is 479 g/mol. The number of nitrogens with one attached hydrogen (secondary N) is 1. The first-order chi connectivity index (χ1) is 16.9. The SMILES string of the molecule is CC.CCC[C@@]1(CCc2ccccc2)CC(O)=C([C@H](CC)c2cccc(NC(=O)CC)c2)C(=O)O1. The van der Waals surface area contributed by atoms with Gasteiger partial charge in [0.05, 0.1) is 5.57 Å². The van der Waals surface area contributed by atoms with E-state index in [9.17, 15) is 14.7 Å². The highest BCUT2D eigenvalue weighted by molar-refractivity contribution is 5.93. The second kappa shape index (κ2) is 13.7. The van der Waals surface area contributed by atoms with Gasteiger partial charge in [-0.05, 0) is 48.9 Å². The Kier molecular flexibility index (Phi) is 11.0. The summed E-state index contributed by atoms with van der Waals surface area (Å²) in [5.41, 5.74) is 2.39. The lowest BCUT2D eigenvalue weighted by Crippen LogP contribution is -2.41. The summed E-state index contributed by atoms with van der Waals surface area (Å²) in [7, 11) is 0.